The SMILES string of the molecule is CCOC(=O)[C@H](Cc1ccc(-c2c(OC)cc(C#N)cc2OC)cc1)NC(=O)c1cc(OC)ccc1Br. The van der Waals surface area contributed by atoms with E-state index < -0.39 is 17.9 Å². The highest BCUT2D eigenvalue weighted by molar-refractivity contribution is 9.10. The maximum atomic E-state index is 13.0. The average molecular weight is 567 g/mol. The van der Waals surface area contributed by atoms with Gasteiger partial charge in [-0.15, -0.1) is 0 Å². The largest absolute Gasteiger partial charge is 0.497 e. The van der Waals surface area contributed by atoms with Gasteiger partial charge in [-0.05, 0) is 64.3 Å². The second-order valence-electron chi connectivity index (χ2n) is 7.89. The molecule has 0 bridgehead atoms. The van der Waals surface area contributed by atoms with Crippen LogP contribution in [0, 0.1) is 11.3 Å². The molecule has 0 aliphatic carbocycles. The molecule has 0 unspecified atom stereocenters. The Hall–Kier alpha value is -4.03. The molecule has 0 aliphatic rings. The Labute approximate surface area is 224 Å². The molecular weight excluding hydrogens is 540 g/mol. The van der Waals surface area contributed by atoms with E-state index in [1.165, 1.54) is 21.3 Å². The van der Waals surface area contributed by atoms with E-state index in [4.69, 9.17) is 18.9 Å². The molecule has 3 rings (SSSR count). The maximum Gasteiger partial charge on any atom is 0.328 e. The highest BCUT2D eigenvalue weighted by Gasteiger charge is 2.25. The molecule has 8 nitrogen and oxygen atoms in total. The molecule has 0 radical (unpaired) electrons. The third-order valence-electron chi connectivity index (χ3n) is 5.61. The molecule has 0 spiro atoms. The first kappa shape index (κ1) is 27.6. The number of hydrogen-bond donors (Lipinski definition) is 1. The number of carbonyl (C=O) groups excluding carboxylic acids is 2. The second kappa shape index (κ2) is 12.8. The summed E-state index contributed by atoms with van der Waals surface area (Å²) in [5, 5.41) is 12.1. The van der Waals surface area contributed by atoms with Crippen molar-refractivity contribution in [3.63, 3.8) is 0 Å². The summed E-state index contributed by atoms with van der Waals surface area (Å²) >= 11 is 3.38. The molecule has 192 valence electrons. The number of carbonyl (C=O) groups is 2. The number of ether oxygens (including phenoxy) is 4. The molecule has 3 aromatic rings. The Morgan fingerprint density at radius 2 is 1.62 bits per heavy atom. The number of nitrogens with zero attached hydrogens (tertiary/aromatic N) is 1. The molecule has 0 fully saturated rings. The number of methoxy groups -OCH3 is 3. The zero-order chi connectivity index (χ0) is 26.9. The highest BCUT2D eigenvalue weighted by Crippen LogP contribution is 2.39. The van der Waals surface area contributed by atoms with Gasteiger partial charge in [-0.25, -0.2) is 4.79 Å². The summed E-state index contributed by atoms with van der Waals surface area (Å²) in [5.74, 6) is 0.556. The van der Waals surface area contributed by atoms with Crippen LogP contribution in [0.25, 0.3) is 11.1 Å². The van der Waals surface area contributed by atoms with Crippen LogP contribution in [0.2, 0.25) is 0 Å². The Kier molecular flexibility index (Phi) is 9.52. The molecule has 0 heterocycles. The van der Waals surface area contributed by atoms with E-state index >= 15 is 0 Å². The molecule has 37 heavy (non-hydrogen) atoms. The lowest BCUT2D eigenvalue weighted by Gasteiger charge is -2.19. The minimum atomic E-state index is -0.907. The first-order chi connectivity index (χ1) is 17.8. The van der Waals surface area contributed by atoms with E-state index in [0.29, 0.717) is 38.4 Å². The molecule has 1 N–H and O–H groups in total. The van der Waals surface area contributed by atoms with Crippen molar-refractivity contribution in [3.05, 3.63) is 75.8 Å². The molecule has 3 aromatic carbocycles. The minimum Gasteiger partial charge on any atom is -0.497 e. The third kappa shape index (κ3) is 6.60. The van der Waals surface area contributed by atoms with Crippen molar-refractivity contribution in [1.29, 1.82) is 5.26 Å². The van der Waals surface area contributed by atoms with Crippen LogP contribution in [-0.4, -0.2) is 45.9 Å². The molecule has 1 atom stereocenters. The van der Waals surface area contributed by atoms with Crippen LogP contribution in [-0.2, 0) is 16.0 Å². The number of esters is 1. The summed E-state index contributed by atoms with van der Waals surface area (Å²) in [6.07, 6.45) is 0.216. The van der Waals surface area contributed by atoms with Crippen molar-refractivity contribution in [2.24, 2.45) is 0 Å². The van der Waals surface area contributed by atoms with Gasteiger partial charge < -0.3 is 24.3 Å². The zero-order valence-electron chi connectivity index (χ0n) is 21.0. The van der Waals surface area contributed by atoms with Crippen LogP contribution in [0.1, 0.15) is 28.4 Å². The van der Waals surface area contributed by atoms with E-state index in [1.807, 2.05) is 24.3 Å². The summed E-state index contributed by atoms with van der Waals surface area (Å²) in [5.41, 5.74) is 3.07. The normalized spacial score (nSPS) is 11.1. The van der Waals surface area contributed by atoms with Gasteiger partial charge in [-0.2, -0.15) is 5.26 Å². The number of nitriles is 1. The van der Waals surface area contributed by atoms with E-state index in [1.54, 1.807) is 37.3 Å². The Morgan fingerprint density at radius 3 is 2.16 bits per heavy atom. The first-order valence-corrected chi connectivity index (χ1v) is 12.2. The van der Waals surface area contributed by atoms with Gasteiger partial charge in [-0.3, -0.25) is 4.79 Å². The smallest absolute Gasteiger partial charge is 0.328 e. The second-order valence-corrected chi connectivity index (χ2v) is 8.75. The number of rotatable bonds is 10. The molecule has 0 saturated carbocycles. The summed E-state index contributed by atoms with van der Waals surface area (Å²) in [4.78, 5) is 25.7. The monoisotopic (exact) mass is 566 g/mol. The van der Waals surface area contributed by atoms with E-state index in [-0.39, 0.29) is 13.0 Å². The summed E-state index contributed by atoms with van der Waals surface area (Å²) in [6, 6.07) is 16.9. The fourth-order valence-corrected chi connectivity index (χ4v) is 4.21. The topological polar surface area (TPSA) is 107 Å². The quantitative estimate of drug-likeness (QED) is 0.347. The van der Waals surface area contributed by atoms with Crippen molar-refractivity contribution in [1.82, 2.24) is 5.32 Å². The fraction of sp³-hybridized carbons (Fsp3) is 0.250. The predicted molar refractivity (Wildman–Crippen MR) is 142 cm³/mol. The van der Waals surface area contributed by atoms with Gasteiger partial charge in [-0.1, -0.05) is 24.3 Å². The van der Waals surface area contributed by atoms with Crippen molar-refractivity contribution >= 4 is 27.8 Å². The van der Waals surface area contributed by atoms with Gasteiger partial charge in [0.1, 0.15) is 23.3 Å². The molecule has 1 amide bonds. The van der Waals surface area contributed by atoms with Crippen molar-refractivity contribution in [3.8, 4) is 34.4 Å². The number of amides is 1. The summed E-state index contributed by atoms with van der Waals surface area (Å²) < 4.78 is 22.0. The number of halogens is 1. The van der Waals surface area contributed by atoms with Gasteiger partial charge in [0.05, 0.1) is 50.7 Å². The fourth-order valence-electron chi connectivity index (χ4n) is 3.78. The number of hydrogen-bond acceptors (Lipinski definition) is 7. The van der Waals surface area contributed by atoms with Crippen LogP contribution in [0.15, 0.2) is 59.1 Å². The summed E-state index contributed by atoms with van der Waals surface area (Å²) in [7, 11) is 4.57. The van der Waals surface area contributed by atoms with Crippen LogP contribution in [0.5, 0.6) is 17.2 Å². The van der Waals surface area contributed by atoms with Crippen molar-refractivity contribution in [2.45, 2.75) is 19.4 Å². The molecule has 0 aliphatic heterocycles. The zero-order valence-corrected chi connectivity index (χ0v) is 22.5. The van der Waals surface area contributed by atoms with Crippen LogP contribution < -0.4 is 19.5 Å². The van der Waals surface area contributed by atoms with Crippen molar-refractivity contribution < 1.29 is 28.5 Å². The third-order valence-corrected chi connectivity index (χ3v) is 6.30. The van der Waals surface area contributed by atoms with Gasteiger partial charge >= 0.3 is 5.97 Å². The Bertz CT molecular complexity index is 1290. The lowest BCUT2D eigenvalue weighted by atomic mass is 9.98. The lowest BCUT2D eigenvalue weighted by Crippen LogP contribution is -2.43. The molecule has 0 aromatic heterocycles. The van der Waals surface area contributed by atoms with Crippen LogP contribution in [0.4, 0.5) is 0 Å². The molecule has 9 heteroatoms. The predicted octanol–water partition coefficient (Wildman–Crippen LogP) is 4.92. The Morgan fingerprint density at radius 1 is 0.973 bits per heavy atom. The van der Waals surface area contributed by atoms with Gasteiger partial charge in [0, 0.05) is 10.9 Å². The minimum absolute atomic E-state index is 0.186. The lowest BCUT2D eigenvalue weighted by molar-refractivity contribution is -0.145. The first-order valence-electron chi connectivity index (χ1n) is 11.4. The van der Waals surface area contributed by atoms with E-state index in [2.05, 4.69) is 27.3 Å². The van der Waals surface area contributed by atoms with Gasteiger partial charge in [0.15, 0.2) is 0 Å². The van der Waals surface area contributed by atoms with Crippen LogP contribution >= 0.6 is 15.9 Å². The number of benzene rings is 3. The maximum absolute atomic E-state index is 13.0. The Balaban J connectivity index is 1.88. The average Bonchev–Trinajstić information content (AvgIpc) is 2.92. The number of nitrogens with one attached hydrogen (secondary N) is 1. The molecule has 0 saturated heterocycles. The van der Waals surface area contributed by atoms with Crippen LogP contribution in [0.3, 0.4) is 0 Å². The molecular formula is C28H27BrN2O6. The van der Waals surface area contributed by atoms with E-state index in [9.17, 15) is 14.9 Å². The van der Waals surface area contributed by atoms with Crippen molar-refractivity contribution in [2.75, 3.05) is 27.9 Å². The summed E-state index contributed by atoms with van der Waals surface area (Å²) in [6.45, 7) is 1.90. The van der Waals surface area contributed by atoms with Gasteiger partial charge in [0.2, 0.25) is 0 Å². The van der Waals surface area contributed by atoms with Gasteiger partial charge in [0.25, 0.3) is 5.91 Å². The standard InChI is InChI=1S/C28H27BrN2O6/c1-5-37-28(33)23(31-27(32)21-15-20(34-2)10-11-22(21)29)12-17-6-8-19(9-7-17)26-24(35-3)13-18(16-30)14-25(26)36-4/h6-11,13-15,23H,5,12H2,1-4H3,(H,31,32)/t23-/m0/s1. The highest BCUT2D eigenvalue weighted by atomic mass is 79.9. The van der Waals surface area contributed by atoms with E-state index in [0.717, 1.165) is 11.1 Å².